The van der Waals surface area contributed by atoms with Gasteiger partial charge in [-0.1, -0.05) is 29.8 Å². The van der Waals surface area contributed by atoms with Crippen molar-refractivity contribution in [3.63, 3.8) is 0 Å². The molecule has 1 heterocycles. The highest BCUT2D eigenvalue weighted by molar-refractivity contribution is 6.31. The van der Waals surface area contributed by atoms with Gasteiger partial charge in [0.05, 0.1) is 7.11 Å². The summed E-state index contributed by atoms with van der Waals surface area (Å²) in [4.78, 5) is 0. The minimum absolute atomic E-state index is 0.748. The molecule has 0 amide bonds. The summed E-state index contributed by atoms with van der Waals surface area (Å²) in [5, 5.41) is 1.86. The second-order valence-corrected chi connectivity index (χ2v) is 5.18. The van der Waals surface area contributed by atoms with Crippen molar-refractivity contribution in [2.45, 2.75) is 13.5 Å². The molecule has 0 N–H and O–H groups in total. The molecule has 1 radical (unpaired) electrons. The molecule has 101 valence electrons. The number of rotatable bonds is 3. The van der Waals surface area contributed by atoms with E-state index in [4.69, 9.17) is 16.3 Å². The Morgan fingerprint density at radius 3 is 2.75 bits per heavy atom. The Morgan fingerprint density at radius 1 is 1.20 bits per heavy atom. The van der Waals surface area contributed by atoms with Crippen LogP contribution in [0.2, 0.25) is 5.02 Å². The van der Waals surface area contributed by atoms with E-state index in [9.17, 15) is 0 Å². The van der Waals surface area contributed by atoms with Gasteiger partial charge in [-0.05, 0) is 36.8 Å². The second-order valence-electron chi connectivity index (χ2n) is 4.77. The highest BCUT2D eigenvalue weighted by Crippen LogP contribution is 2.26. The van der Waals surface area contributed by atoms with Crippen molar-refractivity contribution < 1.29 is 4.74 Å². The molecule has 0 spiro atoms. The van der Waals surface area contributed by atoms with Crippen LogP contribution in [0.1, 0.15) is 11.3 Å². The highest BCUT2D eigenvalue weighted by atomic mass is 35.5. The number of hydrogen-bond acceptors (Lipinski definition) is 1. The smallest absolute Gasteiger partial charge is 0.119 e. The van der Waals surface area contributed by atoms with Gasteiger partial charge in [0, 0.05) is 34.2 Å². The van der Waals surface area contributed by atoms with Crippen LogP contribution in [0, 0.1) is 13.0 Å². The summed E-state index contributed by atoms with van der Waals surface area (Å²) in [7, 11) is 1.68. The zero-order chi connectivity index (χ0) is 14.1. The molecule has 2 nitrogen and oxygen atoms in total. The van der Waals surface area contributed by atoms with Gasteiger partial charge in [0.1, 0.15) is 5.75 Å². The largest absolute Gasteiger partial charge is 0.497 e. The number of benzene rings is 2. The maximum Gasteiger partial charge on any atom is 0.119 e. The van der Waals surface area contributed by atoms with Crippen molar-refractivity contribution in [3.05, 3.63) is 64.8 Å². The van der Waals surface area contributed by atoms with E-state index < -0.39 is 0 Å². The fourth-order valence-corrected chi connectivity index (χ4v) is 2.62. The maximum absolute atomic E-state index is 6.25. The number of nitrogens with zero attached hydrogens (tertiary/aromatic N) is 1. The standard InChI is InChI=1S/C17H15ClNO/c1-12-9-14-10-15(20-2)7-8-17(14)19(12)11-13-5-3-4-6-16(13)18/h3-8,10H,11H2,1-2H3. The average Bonchev–Trinajstić information content (AvgIpc) is 2.76. The Balaban J connectivity index is 2.07. The lowest BCUT2D eigenvalue weighted by Gasteiger charge is -2.10. The van der Waals surface area contributed by atoms with Gasteiger partial charge in [0.25, 0.3) is 0 Å². The number of halogens is 1. The molecule has 0 aliphatic carbocycles. The Hall–Kier alpha value is -1.93. The van der Waals surface area contributed by atoms with E-state index >= 15 is 0 Å². The van der Waals surface area contributed by atoms with Crippen LogP contribution in [0.3, 0.4) is 0 Å². The van der Waals surface area contributed by atoms with E-state index in [-0.39, 0.29) is 0 Å². The van der Waals surface area contributed by atoms with Crippen molar-refractivity contribution in [1.29, 1.82) is 0 Å². The molecule has 3 aromatic rings. The molecule has 20 heavy (non-hydrogen) atoms. The van der Waals surface area contributed by atoms with Crippen molar-refractivity contribution in [1.82, 2.24) is 4.57 Å². The van der Waals surface area contributed by atoms with Gasteiger partial charge >= 0.3 is 0 Å². The van der Waals surface area contributed by atoms with Crippen LogP contribution >= 0.6 is 11.6 Å². The maximum atomic E-state index is 6.25. The summed E-state index contributed by atoms with van der Waals surface area (Å²) in [5.74, 6) is 0.851. The first-order valence-electron chi connectivity index (χ1n) is 6.48. The second kappa shape index (κ2) is 5.22. The first-order chi connectivity index (χ1) is 9.69. The molecule has 0 saturated heterocycles. The summed E-state index contributed by atoms with van der Waals surface area (Å²) >= 11 is 6.25. The van der Waals surface area contributed by atoms with Crippen LogP contribution in [0.25, 0.3) is 10.9 Å². The first kappa shape index (κ1) is 13.1. The van der Waals surface area contributed by atoms with Crippen molar-refractivity contribution in [2.24, 2.45) is 0 Å². The van der Waals surface area contributed by atoms with E-state index in [0.717, 1.165) is 39.5 Å². The average molecular weight is 285 g/mol. The number of ether oxygens (including phenoxy) is 1. The molecule has 3 heteroatoms. The quantitative estimate of drug-likeness (QED) is 0.692. The number of hydrogen-bond donors (Lipinski definition) is 0. The number of aromatic nitrogens is 1. The minimum atomic E-state index is 0.748. The summed E-state index contributed by atoms with van der Waals surface area (Å²) in [6.07, 6.45) is 0. The lowest BCUT2D eigenvalue weighted by Crippen LogP contribution is -2.01. The fraction of sp³-hybridized carbons (Fsp3) is 0.176. The molecule has 3 rings (SSSR count). The predicted octanol–water partition coefficient (Wildman–Crippen LogP) is 4.46. The molecule has 1 aromatic heterocycles. The minimum Gasteiger partial charge on any atom is -0.497 e. The van der Waals surface area contributed by atoms with Gasteiger partial charge in [-0.2, -0.15) is 0 Å². The van der Waals surface area contributed by atoms with Gasteiger partial charge in [-0.25, -0.2) is 0 Å². The van der Waals surface area contributed by atoms with Crippen molar-refractivity contribution in [3.8, 4) is 5.75 Å². The zero-order valence-electron chi connectivity index (χ0n) is 11.5. The molecule has 2 aromatic carbocycles. The third-order valence-electron chi connectivity index (χ3n) is 3.50. The Labute approximate surface area is 123 Å². The van der Waals surface area contributed by atoms with Crippen LogP contribution in [0.15, 0.2) is 42.5 Å². The summed E-state index contributed by atoms with van der Waals surface area (Å²) in [6.45, 7) is 2.81. The van der Waals surface area contributed by atoms with Gasteiger partial charge in [0.2, 0.25) is 0 Å². The van der Waals surface area contributed by atoms with E-state index in [1.165, 1.54) is 0 Å². The third-order valence-corrected chi connectivity index (χ3v) is 3.87. The van der Waals surface area contributed by atoms with E-state index in [1.807, 2.05) is 30.3 Å². The molecular formula is C17H15ClNO. The number of fused-ring (bicyclic) bond motifs is 1. The summed E-state index contributed by atoms with van der Waals surface area (Å²) < 4.78 is 7.48. The van der Waals surface area contributed by atoms with Gasteiger partial charge in [-0.15, -0.1) is 0 Å². The van der Waals surface area contributed by atoms with E-state index in [2.05, 4.69) is 29.7 Å². The first-order valence-corrected chi connectivity index (χ1v) is 6.86. The fourth-order valence-electron chi connectivity index (χ4n) is 2.42. The number of aryl methyl sites for hydroxylation is 1. The van der Waals surface area contributed by atoms with Gasteiger partial charge < -0.3 is 9.30 Å². The Bertz CT molecular complexity index is 761. The topological polar surface area (TPSA) is 14.2 Å². The van der Waals surface area contributed by atoms with Crippen molar-refractivity contribution in [2.75, 3.05) is 7.11 Å². The molecular weight excluding hydrogens is 270 g/mol. The SMILES string of the molecule is COc1ccc2c([c]c(C)n2Cc2ccccc2Cl)c1. The molecule has 0 bridgehead atoms. The molecule has 0 fully saturated rings. The van der Waals surface area contributed by atoms with E-state index in [0.29, 0.717) is 0 Å². The Morgan fingerprint density at radius 2 is 2.00 bits per heavy atom. The van der Waals surface area contributed by atoms with Crippen LogP contribution in [-0.4, -0.2) is 11.7 Å². The van der Waals surface area contributed by atoms with Gasteiger partial charge in [0.15, 0.2) is 0 Å². The molecule has 0 atom stereocenters. The van der Waals surface area contributed by atoms with Crippen LogP contribution in [0.5, 0.6) is 5.75 Å². The van der Waals surface area contributed by atoms with E-state index in [1.54, 1.807) is 7.11 Å². The zero-order valence-corrected chi connectivity index (χ0v) is 12.2. The molecule has 0 aliphatic rings. The highest BCUT2D eigenvalue weighted by Gasteiger charge is 2.09. The van der Waals surface area contributed by atoms with Crippen molar-refractivity contribution >= 4 is 22.5 Å². The van der Waals surface area contributed by atoms with Crippen LogP contribution in [0.4, 0.5) is 0 Å². The van der Waals surface area contributed by atoms with Crippen LogP contribution < -0.4 is 4.74 Å². The lowest BCUT2D eigenvalue weighted by atomic mass is 10.2. The third kappa shape index (κ3) is 2.27. The lowest BCUT2D eigenvalue weighted by molar-refractivity contribution is 0.415. The summed E-state index contributed by atoms with van der Waals surface area (Å²) in [5.41, 5.74) is 3.34. The predicted molar refractivity (Wildman–Crippen MR) is 82.6 cm³/mol. The normalized spacial score (nSPS) is 10.9. The molecule has 0 unspecified atom stereocenters. The number of methoxy groups -OCH3 is 1. The monoisotopic (exact) mass is 284 g/mol. The molecule has 0 aliphatic heterocycles. The molecule has 0 saturated carbocycles. The van der Waals surface area contributed by atoms with Gasteiger partial charge in [-0.3, -0.25) is 0 Å². The summed E-state index contributed by atoms with van der Waals surface area (Å²) in [6, 6.07) is 17.4. The van der Waals surface area contributed by atoms with Crippen LogP contribution in [-0.2, 0) is 6.54 Å². The Kier molecular flexibility index (Phi) is 3.41.